The molecule has 0 atom stereocenters. The Morgan fingerprint density at radius 3 is 1.24 bits per heavy atom. The molecule has 28 heteroatoms. The molecule has 27 nitrogen and oxygen atoms in total. The standard InChI is InChI=1S/C16H15NO6.C10H11NO5.C9H9NO6.C9H10O4.C7H9BO3/c1-21-13-7-5-4-6-11(13)15-12(16(18)23-3)8-10(17(19)20)9-14(15)22-2;1-6-8(10(12)16-3)4-7(11(13)14)5-9(6)15-2;1-15-7-4-5(10(13)14)3-6(8(7)11)9(12)16-2;1-12-7-5-3-4-6(8(7)10)9(11)13-2;1-11-7-5-3-2-4-6(7)8(9)10/h4-9H,1-3H3;4-5H,1-3H3;3-4,11H,1-2H3;3-5,10H,1-2H3;2-5,9-10H,1H3. The fraction of sp³-hybridized carbons (Fsp3) is 0.216. The van der Waals surface area contributed by atoms with Crippen molar-refractivity contribution in [3.63, 3.8) is 0 Å². The molecule has 6 rings (SSSR count). The van der Waals surface area contributed by atoms with Crippen LogP contribution in [0.3, 0.4) is 0 Å². The van der Waals surface area contributed by atoms with Crippen LogP contribution in [0.25, 0.3) is 11.1 Å². The van der Waals surface area contributed by atoms with Gasteiger partial charge in [0.1, 0.15) is 34.1 Å². The first-order valence-corrected chi connectivity index (χ1v) is 22.1. The minimum absolute atomic E-state index is 0.0306. The molecule has 0 aromatic heterocycles. The summed E-state index contributed by atoms with van der Waals surface area (Å²) < 4.78 is 48.1. The van der Waals surface area contributed by atoms with Crippen LogP contribution in [0.5, 0.6) is 46.0 Å². The van der Waals surface area contributed by atoms with Crippen molar-refractivity contribution in [2.24, 2.45) is 0 Å². The third kappa shape index (κ3) is 17.4. The maximum Gasteiger partial charge on any atom is 0.492 e. The van der Waals surface area contributed by atoms with Gasteiger partial charge in [0.15, 0.2) is 23.0 Å². The van der Waals surface area contributed by atoms with Gasteiger partial charge in [0, 0.05) is 40.4 Å². The maximum absolute atomic E-state index is 12.1. The van der Waals surface area contributed by atoms with E-state index in [9.17, 15) is 59.7 Å². The van der Waals surface area contributed by atoms with Crippen LogP contribution in [0.15, 0.2) is 103 Å². The second-order valence-corrected chi connectivity index (χ2v) is 14.8. The Hall–Kier alpha value is -10.2. The first-order valence-electron chi connectivity index (χ1n) is 22.1. The third-order valence-electron chi connectivity index (χ3n) is 10.4. The first-order chi connectivity index (χ1) is 37.5. The van der Waals surface area contributed by atoms with Crippen molar-refractivity contribution >= 4 is 53.5 Å². The lowest BCUT2D eigenvalue weighted by Crippen LogP contribution is -2.30. The molecule has 4 N–H and O–H groups in total. The number of para-hydroxylation sites is 3. The predicted molar refractivity (Wildman–Crippen MR) is 280 cm³/mol. The fourth-order valence-electron chi connectivity index (χ4n) is 6.54. The number of non-ortho nitro benzene ring substituents is 3. The number of rotatable bonds is 15. The number of carbonyl (C=O) groups excluding carboxylic acids is 4. The van der Waals surface area contributed by atoms with E-state index in [1.165, 1.54) is 88.3 Å². The van der Waals surface area contributed by atoms with Gasteiger partial charge >= 0.3 is 31.0 Å². The average Bonchev–Trinajstić information content (AvgIpc) is 3.50. The van der Waals surface area contributed by atoms with Crippen LogP contribution in [0.4, 0.5) is 17.1 Å². The van der Waals surface area contributed by atoms with Crippen molar-refractivity contribution in [1.29, 1.82) is 0 Å². The van der Waals surface area contributed by atoms with Gasteiger partial charge in [-0.15, -0.1) is 0 Å². The van der Waals surface area contributed by atoms with E-state index in [1.54, 1.807) is 67.6 Å². The Morgan fingerprint density at radius 1 is 0.418 bits per heavy atom. The SMILES string of the molecule is COC(=O)c1cc([N+](=O)[O-])cc(OC)c1-c1ccccc1OC.COC(=O)c1cc([N+](=O)[O-])cc(OC)c1C.COC(=O)c1cc([N+](=O)[O-])cc(OC)c1O.COC(=O)c1cccc(OC)c1O.COc1ccccc1B(O)O. The highest BCUT2D eigenvalue weighted by Gasteiger charge is 2.26. The molecule has 0 saturated carbocycles. The number of aromatic hydroxyl groups is 2. The maximum atomic E-state index is 12.1. The summed E-state index contributed by atoms with van der Waals surface area (Å²) >= 11 is 0. The lowest BCUT2D eigenvalue weighted by molar-refractivity contribution is -0.385. The van der Waals surface area contributed by atoms with Crippen LogP contribution in [-0.4, -0.2) is 137 Å². The molecule has 6 aromatic rings. The highest BCUT2D eigenvalue weighted by molar-refractivity contribution is 6.59. The van der Waals surface area contributed by atoms with E-state index in [4.69, 9.17) is 43.2 Å². The summed E-state index contributed by atoms with van der Waals surface area (Å²) in [6.45, 7) is 1.63. The lowest BCUT2D eigenvalue weighted by Gasteiger charge is -2.15. The molecule has 0 fully saturated rings. The zero-order valence-electron chi connectivity index (χ0n) is 44.2. The summed E-state index contributed by atoms with van der Waals surface area (Å²) in [4.78, 5) is 76.2. The number of ether oxygens (including phenoxy) is 10. The Morgan fingerprint density at radius 2 is 0.785 bits per heavy atom. The number of nitro benzene ring substituents is 3. The van der Waals surface area contributed by atoms with Crippen molar-refractivity contribution in [1.82, 2.24) is 0 Å². The predicted octanol–water partition coefficient (Wildman–Crippen LogP) is 6.42. The van der Waals surface area contributed by atoms with E-state index in [2.05, 4.69) is 14.2 Å². The molecule has 0 aliphatic rings. The van der Waals surface area contributed by atoms with Crippen LogP contribution >= 0.6 is 0 Å². The van der Waals surface area contributed by atoms with Gasteiger partial charge in [0.25, 0.3) is 17.1 Å². The quantitative estimate of drug-likeness (QED) is 0.0283. The normalized spacial score (nSPS) is 9.68. The number of carbonyl (C=O) groups is 4. The number of nitro groups is 3. The molecule has 0 unspecified atom stereocenters. The van der Waals surface area contributed by atoms with Crippen molar-refractivity contribution in [3.8, 4) is 57.1 Å². The molecule has 0 radical (unpaired) electrons. The second kappa shape index (κ2) is 31.6. The van der Waals surface area contributed by atoms with Crippen molar-refractivity contribution in [2.75, 3.05) is 71.1 Å². The summed E-state index contributed by atoms with van der Waals surface area (Å²) in [6, 6.07) is 25.2. The summed E-state index contributed by atoms with van der Waals surface area (Å²) in [5.74, 6) is -1.91. The summed E-state index contributed by atoms with van der Waals surface area (Å²) in [7, 11) is 11.7. The van der Waals surface area contributed by atoms with Gasteiger partial charge in [0.2, 0.25) is 0 Å². The van der Waals surface area contributed by atoms with Crippen LogP contribution in [0.2, 0.25) is 0 Å². The number of methoxy groups -OCH3 is 10. The topological polar surface area (TPSA) is 371 Å². The molecule has 0 heterocycles. The van der Waals surface area contributed by atoms with Gasteiger partial charge in [-0.05, 0) is 31.2 Å². The molecule has 0 aliphatic carbocycles. The van der Waals surface area contributed by atoms with E-state index >= 15 is 0 Å². The van der Waals surface area contributed by atoms with Gasteiger partial charge < -0.3 is 67.6 Å². The van der Waals surface area contributed by atoms with E-state index in [-0.39, 0.29) is 68.1 Å². The van der Waals surface area contributed by atoms with Crippen LogP contribution in [0, 0.1) is 37.3 Å². The second-order valence-electron chi connectivity index (χ2n) is 14.8. The molecule has 0 aliphatic heterocycles. The monoisotopic (exact) mass is 1100 g/mol. The van der Waals surface area contributed by atoms with E-state index < -0.39 is 51.5 Å². The molecule has 0 amide bonds. The van der Waals surface area contributed by atoms with E-state index in [1.807, 2.05) is 0 Å². The highest BCUT2D eigenvalue weighted by atomic mass is 16.6. The number of phenolic OH excluding ortho intramolecular Hbond substituents is 2. The van der Waals surface area contributed by atoms with Crippen LogP contribution in [0.1, 0.15) is 47.0 Å². The molecule has 0 saturated heterocycles. The lowest BCUT2D eigenvalue weighted by atomic mass is 9.80. The average molecular weight is 1100 g/mol. The summed E-state index contributed by atoms with van der Waals surface area (Å²) in [5.41, 5.74) is 0.963. The highest BCUT2D eigenvalue weighted by Crippen LogP contribution is 2.42. The third-order valence-corrected chi connectivity index (χ3v) is 10.4. The smallest absolute Gasteiger partial charge is 0.492 e. The summed E-state index contributed by atoms with van der Waals surface area (Å²) in [5, 5.41) is 68.9. The Labute approximate surface area is 450 Å². The van der Waals surface area contributed by atoms with Gasteiger partial charge in [0.05, 0.1) is 115 Å². The first kappa shape index (κ1) is 64.9. The molecular formula is C51H54BN3O24. The molecule has 420 valence electrons. The number of hydrogen-bond donors (Lipinski definition) is 4. The molecule has 6 aromatic carbocycles. The van der Waals surface area contributed by atoms with Crippen molar-refractivity contribution in [3.05, 3.63) is 161 Å². The van der Waals surface area contributed by atoms with E-state index in [0.29, 0.717) is 33.7 Å². The number of hydrogen-bond acceptors (Lipinski definition) is 24. The molecule has 0 bridgehead atoms. The Kier molecular flexibility index (Phi) is 26.0. The molecule has 79 heavy (non-hydrogen) atoms. The van der Waals surface area contributed by atoms with Gasteiger partial charge in [-0.3, -0.25) is 30.3 Å². The summed E-state index contributed by atoms with van der Waals surface area (Å²) in [6.07, 6.45) is 0. The van der Waals surface area contributed by atoms with Gasteiger partial charge in [-0.2, -0.15) is 0 Å². The number of phenols is 2. The fourth-order valence-corrected chi connectivity index (χ4v) is 6.54. The Bertz CT molecular complexity index is 3050. The number of benzene rings is 6. The van der Waals surface area contributed by atoms with Gasteiger partial charge in [-0.25, -0.2) is 19.2 Å². The number of esters is 4. The minimum atomic E-state index is -1.47. The van der Waals surface area contributed by atoms with Crippen molar-refractivity contribution in [2.45, 2.75) is 6.92 Å². The van der Waals surface area contributed by atoms with Crippen LogP contribution < -0.4 is 33.9 Å². The van der Waals surface area contributed by atoms with Crippen molar-refractivity contribution < 1.29 is 102 Å². The molecular weight excluding hydrogens is 1050 g/mol. The Balaban J connectivity index is 0.000000345. The zero-order chi connectivity index (χ0) is 59.7. The van der Waals surface area contributed by atoms with Gasteiger partial charge in [-0.1, -0.05) is 42.5 Å². The zero-order valence-corrected chi connectivity index (χ0v) is 44.2. The number of nitrogens with zero attached hydrogens (tertiary/aromatic N) is 3. The molecule has 0 spiro atoms. The minimum Gasteiger partial charge on any atom is -0.504 e. The van der Waals surface area contributed by atoms with Crippen LogP contribution in [-0.2, 0) is 18.9 Å². The van der Waals surface area contributed by atoms with E-state index in [0.717, 1.165) is 25.3 Å². The largest absolute Gasteiger partial charge is 0.504 e.